The number of aliphatic carboxylic acids is 1. The van der Waals surface area contributed by atoms with Crippen molar-refractivity contribution in [1.82, 2.24) is 15.0 Å². The maximum Gasteiger partial charge on any atom is 0.308 e. The van der Waals surface area contributed by atoms with Crippen LogP contribution in [0.4, 0.5) is 20.4 Å². The van der Waals surface area contributed by atoms with Crippen LogP contribution in [-0.4, -0.2) is 37.8 Å². The van der Waals surface area contributed by atoms with Crippen LogP contribution in [0.25, 0.3) is 0 Å². The second-order valence-electron chi connectivity index (χ2n) is 9.79. The van der Waals surface area contributed by atoms with Crippen molar-refractivity contribution >= 4 is 23.3 Å². The summed E-state index contributed by atoms with van der Waals surface area (Å²) in [5, 5.41) is 21.5. The van der Waals surface area contributed by atoms with Crippen LogP contribution in [-0.2, 0) is 10.2 Å². The van der Waals surface area contributed by atoms with Gasteiger partial charge in [0.2, 0.25) is 0 Å². The summed E-state index contributed by atoms with van der Waals surface area (Å²) in [6, 6.07) is 0.617. The van der Waals surface area contributed by atoms with Crippen molar-refractivity contribution in [3.8, 4) is 0 Å². The van der Waals surface area contributed by atoms with Gasteiger partial charge in [0.1, 0.15) is 17.3 Å². The molecule has 5 N–H and O–H groups in total. The van der Waals surface area contributed by atoms with Crippen LogP contribution >= 0.6 is 0 Å². The first-order valence-corrected chi connectivity index (χ1v) is 11.3. The van der Waals surface area contributed by atoms with Crippen LogP contribution in [0.15, 0.2) is 12.3 Å². The number of nitrogen functional groups attached to an aromatic ring is 1. The van der Waals surface area contributed by atoms with E-state index in [-0.39, 0.29) is 46.3 Å². The highest BCUT2D eigenvalue weighted by Gasteiger charge is 2.49. The van der Waals surface area contributed by atoms with Gasteiger partial charge in [-0.25, -0.2) is 23.7 Å². The average molecular weight is 456 g/mol. The quantitative estimate of drug-likeness (QED) is 0.488. The SMILES string of the molecule is CC1(c2nc(C(=N)c3cc(F)cnc3N)nc(NC3C4CCC(CC4)C3C(=O)O)c2F)CC1. The molecule has 4 saturated carbocycles. The first kappa shape index (κ1) is 21.7. The highest BCUT2D eigenvalue weighted by Crippen LogP contribution is 2.49. The van der Waals surface area contributed by atoms with Crippen LogP contribution in [0.5, 0.6) is 0 Å². The van der Waals surface area contributed by atoms with E-state index in [0.717, 1.165) is 50.8 Å². The first-order valence-electron chi connectivity index (χ1n) is 11.3. The van der Waals surface area contributed by atoms with E-state index in [1.165, 1.54) is 0 Å². The largest absolute Gasteiger partial charge is 0.481 e. The number of nitrogens with zero attached hydrogens (tertiary/aromatic N) is 3. The van der Waals surface area contributed by atoms with Crippen molar-refractivity contribution in [3.63, 3.8) is 0 Å². The molecule has 0 aromatic carbocycles. The molecule has 10 heteroatoms. The lowest BCUT2D eigenvalue weighted by atomic mass is 9.61. The second kappa shape index (κ2) is 7.71. The highest BCUT2D eigenvalue weighted by molar-refractivity contribution is 6.11. The molecule has 33 heavy (non-hydrogen) atoms. The van der Waals surface area contributed by atoms with E-state index in [0.29, 0.717) is 0 Å². The molecule has 0 aliphatic heterocycles. The zero-order valence-corrected chi connectivity index (χ0v) is 18.2. The predicted molar refractivity (Wildman–Crippen MR) is 117 cm³/mol. The van der Waals surface area contributed by atoms with Crippen molar-refractivity contribution in [2.75, 3.05) is 11.1 Å². The third kappa shape index (κ3) is 3.71. The number of carboxylic acid groups (broad SMARTS) is 1. The number of hydrogen-bond donors (Lipinski definition) is 4. The van der Waals surface area contributed by atoms with Gasteiger partial charge >= 0.3 is 5.97 Å². The number of carboxylic acids is 1. The summed E-state index contributed by atoms with van der Waals surface area (Å²) in [6.07, 6.45) is 5.92. The number of fused-ring (bicyclic) bond motifs is 3. The maximum atomic E-state index is 15.6. The van der Waals surface area contributed by atoms with Crippen molar-refractivity contribution in [3.05, 3.63) is 41.0 Å². The fourth-order valence-electron chi connectivity index (χ4n) is 5.42. The Morgan fingerprint density at radius 3 is 2.52 bits per heavy atom. The molecular weight excluding hydrogens is 430 g/mol. The molecule has 0 spiro atoms. The lowest BCUT2D eigenvalue weighted by Crippen LogP contribution is -2.51. The topological polar surface area (TPSA) is 138 Å². The number of anilines is 2. The summed E-state index contributed by atoms with van der Waals surface area (Å²) in [7, 11) is 0. The van der Waals surface area contributed by atoms with Gasteiger partial charge in [-0.1, -0.05) is 6.92 Å². The van der Waals surface area contributed by atoms with E-state index >= 15 is 4.39 Å². The summed E-state index contributed by atoms with van der Waals surface area (Å²) in [5.74, 6) is -2.92. The Balaban J connectivity index is 1.57. The molecule has 4 aliphatic carbocycles. The van der Waals surface area contributed by atoms with Crippen molar-refractivity contribution in [2.45, 2.75) is 56.9 Å². The number of halogens is 2. The Morgan fingerprint density at radius 1 is 1.21 bits per heavy atom. The summed E-state index contributed by atoms with van der Waals surface area (Å²) < 4.78 is 29.4. The third-order valence-corrected chi connectivity index (χ3v) is 7.61. The minimum absolute atomic E-state index is 0.0135. The van der Waals surface area contributed by atoms with Gasteiger partial charge in [0.15, 0.2) is 17.5 Å². The molecule has 8 nitrogen and oxygen atoms in total. The molecule has 2 bridgehead atoms. The minimum atomic E-state index is -0.891. The Morgan fingerprint density at radius 2 is 1.88 bits per heavy atom. The molecule has 0 amide bonds. The third-order valence-electron chi connectivity index (χ3n) is 7.61. The van der Waals surface area contributed by atoms with Crippen molar-refractivity contribution in [1.29, 1.82) is 5.41 Å². The van der Waals surface area contributed by atoms with Gasteiger partial charge in [-0.05, 0) is 56.4 Å². The Labute approximate surface area is 189 Å². The summed E-state index contributed by atoms with van der Waals surface area (Å²) in [4.78, 5) is 24.4. The molecule has 4 aliphatic rings. The van der Waals surface area contributed by atoms with Gasteiger partial charge in [-0.3, -0.25) is 10.2 Å². The summed E-state index contributed by atoms with van der Waals surface area (Å²) in [6.45, 7) is 1.89. The zero-order valence-electron chi connectivity index (χ0n) is 18.2. The lowest BCUT2D eigenvalue weighted by molar-refractivity contribution is -0.148. The molecule has 2 aromatic rings. The van der Waals surface area contributed by atoms with E-state index in [9.17, 15) is 14.3 Å². The molecule has 2 heterocycles. The maximum absolute atomic E-state index is 15.6. The Kier molecular flexibility index (Phi) is 5.06. The molecule has 2 aromatic heterocycles. The molecule has 2 atom stereocenters. The Hall–Kier alpha value is -3.17. The molecule has 0 radical (unpaired) electrons. The normalized spacial score (nSPS) is 27.2. The number of aromatic nitrogens is 3. The van der Waals surface area contributed by atoms with Crippen LogP contribution < -0.4 is 11.1 Å². The molecule has 2 unspecified atom stereocenters. The fraction of sp³-hybridized carbons (Fsp3) is 0.522. The number of carbonyl (C=O) groups is 1. The second-order valence-corrected chi connectivity index (χ2v) is 9.79. The van der Waals surface area contributed by atoms with Crippen LogP contribution in [0.2, 0.25) is 0 Å². The number of nitrogens with two attached hydrogens (primary N) is 1. The van der Waals surface area contributed by atoms with Crippen LogP contribution in [0, 0.1) is 34.8 Å². The number of nitrogens with one attached hydrogen (secondary N) is 2. The van der Waals surface area contributed by atoms with Crippen molar-refractivity contribution < 1.29 is 18.7 Å². The Bertz CT molecular complexity index is 1140. The van der Waals surface area contributed by atoms with Crippen molar-refractivity contribution in [2.24, 2.45) is 17.8 Å². The van der Waals surface area contributed by atoms with Gasteiger partial charge in [-0.15, -0.1) is 0 Å². The fourth-order valence-corrected chi connectivity index (χ4v) is 5.42. The number of hydrogen-bond acceptors (Lipinski definition) is 7. The smallest absolute Gasteiger partial charge is 0.308 e. The molecule has 174 valence electrons. The highest BCUT2D eigenvalue weighted by atomic mass is 19.1. The van der Waals surface area contributed by atoms with E-state index in [1.807, 2.05) is 6.92 Å². The first-order chi connectivity index (χ1) is 15.7. The zero-order chi connectivity index (χ0) is 23.5. The van der Waals surface area contributed by atoms with Gasteiger partial charge in [0.25, 0.3) is 0 Å². The van der Waals surface area contributed by atoms with Gasteiger partial charge in [-0.2, -0.15) is 0 Å². The molecule has 0 saturated heterocycles. The van der Waals surface area contributed by atoms with Gasteiger partial charge < -0.3 is 16.2 Å². The van der Waals surface area contributed by atoms with E-state index in [4.69, 9.17) is 11.1 Å². The predicted octanol–water partition coefficient (Wildman–Crippen LogP) is 3.50. The number of pyridine rings is 1. The minimum Gasteiger partial charge on any atom is -0.481 e. The standard InChI is InChI=1S/C23H26F2N6O2/c1-23(6-7-23)18-15(25)20(29-17-11-4-2-10(3-5-11)14(17)22(32)33)31-21(30-18)16(26)13-8-12(24)9-28-19(13)27/h8-11,14,17,26H,2-7H2,1H3,(H2,27,28)(H,32,33)(H,29,30,31). The molecule has 6 rings (SSSR count). The van der Waals surface area contributed by atoms with Gasteiger partial charge in [0.05, 0.1) is 17.8 Å². The molecular formula is C23H26F2N6O2. The van der Waals surface area contributed by atoms with E-state index in [2.05, 4.69) is 20.3 Å². The van der Waals surface area contributed by atoms with E-state index in [1.54, 1.807) is 0 Å². The van der Waals surface area contributed by atoms with Crippen LogP contribution in [0.1, 0.15) is 62.5 Å². The van der Waals surface area contributed by atoms with Crippen LogP contribution in [0.3, 0.4) is 0 Å². The number of rotatable bonds is 6. The lowest BCUT2D eigenvalue weighted by Gasteiger charge is -2.47. The monoisotopic (exact) mass is 456 g/mol. The summed E-state index contributed by atoms with van der Waals surface area (Å²) in [5.41, 5.74) is 5.28. The molecule has 4 fully saturated rings. The average Bonchev–Trinajstić information content (AvgIpc) is 3.55. The van der Waals surface area contributed by atoms with E-state index < -0.39 is 35.0 Å². The summed E-state index contributed by atoms with van der Waals surface area (Å²) >= 11 is 0. The van der Waals surface area contributed by atoms with Gasteiger partial charge in [0, 0.05) is 17.0 Å².